The number of H-pyrrole nitrogens is 1. The fourth-order valence-corrected chi connectivity index (χ4v) is 4.03. The number of anilines is 2. The molecule has 2 aromatic heterocycles. The van der Waals surface area contributed by atoms with Crippen LogP contribution in [0.1, 0.15) is 45.7 Å². The molecule has 9 nitrogen and oxygen atoms in total. The Morgan fingerprint density at radius 1 is 1.09 bits per heavy atom. The first-order chi connectivity index (χ1) is 15.5. The van der Waals surface area contributed by atoms with Gasteiger partial charge in [0.15, 0.2) is 0 Å². The van der Waals surface area contributed by atoms with E-state index in [1.54, 1.807) is 11.0 Å². The topological polar surface area (TPSA) is 135 Å². The molecule has 0 fully saturated rings. The fourth-order valence-electron chi connectivity index (χ4n) is 4.03. The van der Waals surface area contributed by atoms with E-state index in [2.05, 4.69) is 4.98 Å². The van der Waals surface area contributed by atoms with Gasteiger partial charge in [-0.25, -0.2) is 9.59 Å². The molecular formula is C24H32N4O5. The molecule has 3 aromatic rings. The van der Waals surface area contributed by atoms with Crippen molar-refractivity contribution in [2.24, 2.45) is 11.8 Å². The highest BCUT2D eigenvalue weighted by Gasteiger charge is 2.22. The van der Waals surface area contributed by atoms with Gasteiger partial charge in [-0.15, -0.1) is 0 Å². The molecule has 3 rings (SSSR count). The first-order valence-corrected chi connectivity index (χ1v) is 11.2. The van der Waals surface area contributed by atoms with E-state index in [-0.39, 0.29) is 41.2 Å². The number of nitrogens with zero attached hydrogens (tertiary/aromatic N) is 2. The minimum absolute atomic E-state index is 0.0609. The Kier molecular flexibility index (Phi) is 7.00. The molecule has 0 saturated heterocycles. The molecule has 0 aliphatic rings. The van der Waals surface area contributed by atoms with E-state index in [4.69, 9.17) is 10.2 Å². The van der Waals surface area contributed by atoms with Gasteiger partial charge < -0.3 is 20.2 Å². The van der Waals surface area contributed by atoms with Gasteiger partial charge in [-0.3, -0.25) is 14.3 Å². The number of aromatic amines is 1. The number of rotatable bonds is 8. The number of hydrogen-bond donors (Lipinski definition) is 3. The second-order valence-electron chi connectivity index (χ2n) is 9.19. The van der Waals surface area contributed by atoms with Crippen LogP contribution in [-0.2, 0) is 19.5 Å². The predicted octanol–water partition coefficient (Wildman–Crippen LogP) is 2.81. The Bertz CT molecular complexity index is 1330. The normalized spacial score (nSPS) is 11.6. The number of phenols is 1. The summed E-state index contributed by atoms with van der Waals surface area (Å²) in [4.78, 5) is 41.7. The number of phenolic OH excluding ortho intramolecular Hbond substituents is 1. The smallest absolute Gasteiger partial charge is 0.336 e. The lowest BCUT2D eigenvalue weighted by Gasteiger charge is -2.28. The van der Waals surface area contributed by atoms with Crippen LogP contribution in [0.15, 0.2) is 37.0 Å². The molecule has 0 spiro atoms. The average molecular weight is 457 g/mol. The van der Waals surface area contributed by atoms with Crippen LogP contribution >= 0.6 is 0 Å². The van der Waals surface area contributed by atoms with E-state index in [1.165, 1.54) is 16.7 Å². The van der Waals surface area contributed by atoms with Gasteiger partial charge in [0.05, 0.1) is 0 Å². The second-order valence-corrected chi connectivity index (χ2v) is 9.19. The molecule has 1 aromatic carbocycles. The maximum absolute atomic E-state index is 12.9. The second kappa shape index (κ2) is 9.56. The number of hydrogen-bond acceptors (Lipinski definition) is 7. The summed E-state index contributed by atoms with van der Waals surface area (Å²) in [5, 5.41) is 10.9. The summed E-state index contributed by atoms with van der Waals surface area (Å²) < 4.78 is 6.68. The summed E-state index contributed by atoms with van der Waals surface area (Å²) in [5.41, 5.74) is 6.50. The molecule has 2 heterocycles. The molecule has 0 radical (unpaired) electrons. The maximum atomic E-state index is 12.9. The van der Waals surface area contributed by atoms with Crippen LogP contribution in [0.2, 0.25) is 0 Å². The number of benzene rings is 1. The third-order valence-corrected chi connectivity index (χ3v) is 5.44. The number of nitrogen functional groups attached to an aromatic ring is 1. The molecule has 9 heteroatoms. The molecule has 0 bridgehead atoms. The van der Waals surface area contributed by atoms with Gasteiger partial charge in [-0.1, -0.05) is 34.6 Å². The predicted molar refractivity (Wildman–Crippen MR) is 130 cm³/mol. The highest BCUT2D eigenvalue weighted by Crippen LogP contribution is 2.29. The van der Waals surface area contributed by atoms with E-state index in [1.807, 2.05) is 34.6 Å². The summed E-state index contributed by atoms with van der Waals surface area (Å²) in [6, 6.07) is 4.63. The monoisotopic (exact) mass is 456 g/mol. The van der Waals surface area contributed by atoms with Gasteiger partial charge in [-0.05, 0) is 35.4 Å². The van der Waals surface area contributed by atoms with Crippen LogP contribution in [0.5, 0.6) is 5.75 Å². The van der Waals surface area contributed by atoms with E-state index < -0.39 is 16.9 Å². The van der Waals surface area contributed by atoms with Gasteiger partial charge in [0.25, 0.3) is 5.56 Å². The number of fused-ring (bicyclic) bond motifs is 1. The fraction of sp³-hybridized carbons (Fsp3) is 0.458. The number of aryl methyl sites for hydroxylation is 1. The molecule has 0 aliphatic carbocycles. The average Bonchev–Trinajstić information content (AvgIpc) is 2.69. The SMILES string of the molecule is CCc1cc2c(CN(CC(C)C)c3c(N)n(CC(C)C)c(=O)[nH]c3=O)cc(=O)oc2cc1O. The number of nitrogens with two attached hydrogens (primary N) is 1. The molecular weight excluding hydrogens is 424 g/mol. The zero-order valence-corrected chi connectivity index (χ0v) is 19.8. The van der Waals surface area contributed by atoms with Gasteiger partial charge in [0, 0.05) is 37.2 Å². The minimum atomic E-state index is -0.572. The molecule has 0 saturated carbocycles. The first-order valence-electron chi connectivity index (χ1n) is 11.2. The Balaban J connectivity index is 2.21. The van der Waals surface area contributed by atoms with Crippen molar-refractivity contribution in [2.75, 3.05) is 17.2 Å². The summed E-state index contributed by atoms with van der Waals surface area (Å²) in [6.07, 6.45) is 0.600. The quantitative estimate of drug-likeness (QED) is 0.444. The van der Waals surface area contributed by atoms with E-state index >= 15 is 0 Å². The Morgan fingerprint density at radius 3 is 2.39 bits per heavy atom. The lowest BCUT2D eigenvalue weighted by molar-refractivity contribution is 0.466. The summed E-state index contributed by atoms with van der Waals surface area (Å²) in [5.74, 6) is 0.462. The summed E-state index contributed by atoms with van der Waals surface area (Å²) >= 11 is 0. The van der Waals surface area contributed by atoms with Crippen LogP contribution in [-0.4, -0.2) is 21.2 Å². The van der Waals surface area contributed by atoms with E-state index in [0.29, 0.717) is 30.5 Å². The van der Waals surface area contributed by atoms with Crippen LogP contribution in [0.4, 0.5) is 11.5 Å². The zero-order chi connectivity index (χ0) is 24.4. The highest BCUT2D eigenvalue weighted by atomic mass is 16.4. The zero-order valence-electron chi connectivity index (χ0n) is 19.8. The number of aromatic nitrogens is 2. The van der Waals surface area contributed by atoms with Gasteiger partial charge >= 0.3 is 11.3 Å². The van der Waals surface area contributed by atoms with Crippen molar-refractivity contribution in [1.82, 2.24) is 9.55 Å². The van der Waals surface area contributed by atoms with Gasteiger partial charge in [-0.2, -0.15) is 0 Å². The number of nitrogens with one attached hydrogen (secondary N) is 1. The Morgan fingerprint density at radius 2 is 1.79 bits per heavy atom. The highest BCUT2D eigenvalue weighted by molar-refractivity contribution is 5.83. The molecule has 4 N–H and O–H groups in total. The minimum Gasteiger partial charge on any atom is -0.508 e. The molecule has 0 unspecified atom stereocenters. The third kappa shape index (κ3) is 5.13. The Hall–Kier alpha value is -3.49. The lowest BCUT2D eigenvalue weighted by Crippen LogP contribution is -2.40. The van der Waals surface area contributed by atoms with Crippen molar-refractivity contribution in [3.05, 3.63) is 60.6 Å². The van der Waals surface area contributed by atoms with Crippen LogP contribution < -0.4 is 27.5 Å². The Labute approximate surface area is 191 Å². The lowest BCUT2D eigenvalue weighted by atomic mass is 10.0. The van der Waals surface area contributed by atoms with Crippen molar-refractivity contribution in [3.8, 4) is 5.75 Å². The van der Waals surface area contributed by atoms with Gasteiger partial charge in [0.2, 0.25) is 0 Å². The summed E-state index contributed by atoms with van der Waals surface area (Å²) in [6.45, 7) is 10.9. The largest absolute Gasteiger partial charge is 0.508 e. The van der Waals surface area contributed by atoms with Crippen LogP contribution in [0.25, 0.3) is 11.0 Å². The van der Waals surface area contributed by atoms with Crippen LogP contribution in [0.3, 0.4) is 0 Å². The molecule has 0 aliphatic heterocycles. The van der Waals surface area contributed by atoms with Crippen molar-refractivity contribution in [1.29, 1.82) is 0 Å². The van der Waals surface area contributed by atoms with Crippen molar-refractivity contribution in [3.63, 3.8) is 0 Å². The van der Waals surface area contributed by atoms with Crippen molar-refractivity contribution < 1.29 is 9.52 Å². The third-order valence-electron chi connectivity index (χ3n) is 5.44. The van der Waals surface area contributed by atoms with E-state index in [9.17, 15) is 19.5 Å². The van der Waals surface area contributed by atoms with Crippen molar-refractivity contribution >= 4 is 22.5 Å². The van der Waals surface area contributed by atoms with Crippen molar-refractivity contribution in [2.45, 2.75) is 54.1 Å². The molecule has 0 amide bonds. The molecule has 178 valence electrons. The number of aromatic hydroxyl groups is 1. The molecule has 0 atom stereocenters. The standard InChI is InChI=1S/C24H32N4O5/c1-6-15-7-17-16(8-20(30)33-19(17)9-18(15)29)12-27(10-13(2)3)21-22(25)28(11-14(4)5)24(32)26-23(21)31/h7-9,13-14,29H,6,10-12,25H2,1-5H3,(H,26,31,32). The maximum Gasteiger partial charge on any atom is 0.336 e. The summed E-state index contributed by atoms with van der Waals surface area (Å²) in [7, 11) is 0. The first kappa shape index (κ1) is 24.2. The van der Waals surface area contributed by atoms with E-state index in [0.717, 1.165) is 5.56 Å². The molecule has 33 heavy (non-hydrogen) atoms. The van der Waals surface area contributed by atoms with Gasteiger partial charge in [0.1, 0.15) is 22.8 Å². The van der Waals surface area contributed by atoms with Crippen LogP contribution in [0, 0.1) is 11.8 Å².